The van der Waals surface area contributed by atoms with Crippen LogP contribution in [0, 0.1) is 6.92 Å². The van der Waals surface area contributed by atoms with Gasteiger partial charge in [0, 0.05) is 24.5 Å². The molecule has 1 atom stereocenters. The lowest BCUT2D eigenvalue weighted by atomic mass is 10.0. The average Bonchev–Trinajstić information content (AvgIpc) is 3.03. The minimum atomic E-state index is -4.23. The number of nitrogens with zero attached hydrogens (tertiary/aromatic N) is 2. The topological polar surface area (TPSA) is 96.0 Å². The van der Waals surface area contributed by atoms with Crippen LogP contribution >= 0.6 is 11.6 Å². The van der Waals surface area contributed by atoms with Crippen LogP contribution < -0.4 is 14.4 Å². The highest BCUT2D eigenvalue weighted by Gasteiger charge is 2.34. The predicted octanol–water partition coefficient (Wildman–Crippen LogP) is 6.02. The molecule has 0 fully saturated rings. The molecule has 45 heavy (non-hydrogen) atoms. The van der Waals surface area contributed by atoms with Gasteiger partial charge in [0.15, 0.2) is 0 Å². The molecule has 1 N–H and O–H groups in total. The number of sulfonamides is 1. The van der Waals surface area contributed by atoms with E-state index < -0.39 is 28.5 Å². The van der Waals surface area contributed by atoms with Crippen LogP contribution in [0.3, 0.4) is 0 Å². The fourth-order valence-electron chi connectivity index (χ4n) is 4.95. The number of benzene rings is 4. The number of carbonyl (C=O) groups excluding carboxylic acids is 2. The van der Waals surface area contributed by atoms with E-state index in [0.29, 0.717) is 23.9 Å². The van der Waals surface area contributed by atoms with Gasteiger partial charge in [-0.2, -0.15) is 0 Å². The van der Waals surface area contributed by atoms with Gasteiger partial charge >= 0.3 is 0 Å². The van der Waals surface area contributed by atoms with E-state index in [-0.39, 0.29) is 29.5 Å². The summed E-state index contributed by atoms with van der Waals surface area (Å²) in [4.78, 5) is 29.5. The molecule has 0 aromatic heterocycles. The molecule has 0 unspecified atom stereocenters. The highest BCUT2D eigenvalue weighted by Crippen LogP contribution is 2.28. The number of aryl methyl sites for hydroxylation is 1. The molecule has 0 aliphatic carbocycles. The summed E-state index contributed by atoms with van der Waals surface area (Å²) in [6.45, 7) is 5.99. The summed E-state index contributed by atoms with van der Waals surface area (Å²) in [5, 5.41) is 3.26. The van der Waals surface area contributed by atoms with Crippen molar-refractivity contribution in [2.75, 3.05) is 24.0 Å². The van der Waals surface area contributed by atoms with Crippen molar-refractivity contribution in [1.82, 2.24) is 10.2 Å². The maximum atomic E-state index is 14.5. The van der Waals surface area contributed by atoms with Crippen molar-refractivity contribution in [2.24, 2.45) is 0 Å². The van der Waals surface area contributed by atoms with Gasteiger partial charge in [-0.15, -0.1) is 0 Å². The molecule has 0 saturated carbocycles. The van der Waals surface area contributed by atoms with Crippen molar-refractivity contribution in [3.05, 3.63) is 125 Å². The fourth-order valence-corrected chi connectivity index (χ4v) is 6.49. The lowest BCUT2D eigenvalue weighted by molar-refractivity contribution is -0.140. The van der Waals surface area contributed by atoms with Crippen LogP contribution in [0.2, 0.25) is 5.02 Å². The zero-order valence-corrected chi connectivity index (χ0v) is 27.2. The molecule has 8 nitrogen and oxygen atoms in total. The van der Waals surface area contributed by atoms with Crippen molar-refractivity contribution in [3.8, 4) is 5.75 Å². The summed E-state index contributed by atoms with van der Waals surface area (Å²) in [6, 6.07) is 28.5. The zero-order chi connectivity index (χ0) is 32.4. The summed E-state index contributed by atoms with van der Waals surface area (Å²) in [5.41, 5.74) is 2.94. The second-order valence-corrected chi connectivity index (χ2v) is 12.7. The highest BCUT2D eigenvalue weighted by atomic mass is 35.5. The number of hydrogen-bond donors (Lipinski definition) is 1. The number of hydrogen-bond acceptors (Lipinski definition) is 5. The number of anilines is 1. The summed E-state index contributed by atoms with van der Waals surface area (Å²) in [5.74, 6) is -0.287. The van der Waals surface area contributed by atoms with Crippen molar-refractivity contribution >= 4 is 39.1 Å². The Bertz CT molecular complexity index is 1680. The lowest BCUT2D eigenvalue weighted by Crippen LogP contribution is -2.53. The lowest BCUT2D eigenvalue weighted by Gasteiger charge is -2.34. The number of rotatable bonds is 14. The van der Waals surface area contributed by atoms with Crippen LogP contribution in [0.1, 0.15) is 30.5 Å². The molecule has 0 aliphatic heterocycles. The third-order valence-corrected chi connectivity index (χ3v) is 9.38. The number of ether oxygens (including phenoxy) is 1. The SMILES string of the molecule is CCNC(=O)[C@H](Cc1ccccc1)N(Cc1ccccc1C)C(=O)CN(c1ccc(OCC)cc1)S(=O)(=O)c1ccc(Cl)cc1. The molecule has 4 rings (SSSR count). The summed E-state index contributed by atoms with van der Waals surface area (Å²) >= 11 is 6.06. The molecule has 0 radical (unpaired) electrons. The minimum Gasteiger partial charge on any atom is -0.494 e. The van der Waals surface area contributed by atoms with Gasteiger partial charge in [0.1, 0.15) is 18.3 Å². The molecule has 0 saturated heterocycles. The van der Waals surface area contributed by atoms with Crippen LogP contribution in [0.15, 0.2) is 108 Å². The van der Waals surface area contributed by atoms with Gasteiger partial charge < -0.3 is 15.0 Å². The maximum Gasteiger partial charge on any atom is 0.264 e. The normalized spacial score (nSPS) is 11.8. The number of halogens is 1. The zero-order valence-electron chi connectivity index (χ0n) is 25.6. The third-order valence-electron chi connectivity index (χ3n) is 7.34. The second kappa shape index (κ2) is 15.6. The van der Waals surface area contributed by atoms with E-state index in [1.54, 1.807) is 24.3 Å². The first-order valence-electron chi connectivity index (χ1n) is 14.8. The predicted molar refractivity (Wildman–Crippen MR) is 178 cm³/mol. The van der Waals surface area contributed by atoms with Crippen molar-refractivity contribution < 1.29 is 22.7 Å². The van der Waals surface area contributed by atoms with E-state index in [9.17, 15) is 18.0 Å². The number of likely N-dealkylation sites (N-methyl/N-ethyl adjacent to an activating group) is 1. The average molecular weight is 648 g/mol. The minimum absolute atomic E-state index is 0.0244. The smallest absolute Gasteiger partial charge is 0.264 e. The molecule has 10 heteroatoms. The van der Waals surface area contributed by atoms with E-state index in [1.807, 2.05) is 75.4 Å². The fraction of sp³-hybridized carbons (Fsp3) is 0.257. The first-order chi connectivity index (χ1) is 21.6. The van der Waals surface area contributed by atoms with Crippen molar-refractivity contribution in [2.45, 2.75) is 44.7 Å². The Kier molecular flexibility index (Phi) is 11.6. The second-order valence-electron chi connectivity index (χ2n) is 10.4. The molecule has 4 aromatic rings. The van der Waals surface area contributed by atoms with Gasteiger partial charge in [0.2, 0.25) is 11.8 Å². The van der Waals surface area contributed by atoms with Crippen molar-refractivity contribution in [1.29, 1.82) is 0 Å². The molecule has 0 heterocycles. The van der Waals surface area contributed by atoms with Crippen LogP contribution in [0.25, 0.3) is 0 Å². The van der Waals surface area contributed by atoms with Gasteiger partial charge in [-0.25, -0.2) is 8.42 Å². The van der Waals surface area contributed by atoms with E-state index in [1.165, 1.54) is 29.2 Å². The van der Waals surface area contributed by atoms with E-state index >= 15 is 0 Å². The Hall–Kier alpha value is -4.34. The largest absolute Gasteiger partial charge is 0.494 e. The molecule has 0 bridgehead atoms. The highest BCUT2D eigenvalue weighted by molar-refractivity contribution is 7.92. The quantitative estimate of drug-likeness (QED) is 0.181. The number of carbonyl (C=O) groups is 2. The molecule has 0 aliphatic rings. The Morgan fingerprint density at radius 2 is 1.51 bits per heavy atom. The molecule has 236 valence electrons. The third kappa shape index (κ3) is 8.65. The van der Waals surface area contributed by atoms with Gasteiger partial charge in [-0.05, 0) is 86.0 Å². The Morgan fingerprint density at radius 3 is 2.13 bits per heavy atom. The van der Waals surface area contributed by atoms with Crippen LogP contribution in [-0.2, 0) is 32.6 Å². The van der Waals surface area contributed by atoms with Crippen LogP contribution in [-0.4, -0.2) is 50.9 Å². The standard InChI is InChI=1S/C35H38ClN3O5S/c1-4-37-35(41)33(23-27-12-7-6-8-13-27)38(24-28-14-10-9-11-26(28)3)34(40)25-39(30-17-19-31(20-18-30)44-5-2)45(42,43)32-21-15-29(36)16-22-32/h6-22,33H,4-5,23-25H2,1-3H3,(H,37,41)/t33-/m0/s1. The number of nitrogens with one attached hydrogen (secondary N) is 1. The first-order valence-corrected chi connectivity index (χ1v) is 16.6. The summed E-state index contributed by atoms with van der Waals surface area (Å²) < 4.78 is 34.9. The Labute approximate surface area is 270 Å². The molecular formula is C35H38ClN3O5S. The maximum absolute atomic E-state index is 14.5. The molecule has 0 spiro atoms. The molecular weight excluding hydrogens is 610 g/mol. The first kappa shape index (κ1) is 33.6. The van der Waals surface area contributed by atoms with Crippen LogP contribution in [0.5, 0.6) is 5.75 Å². The van der Waals surface area contributed by atoms with Gasteiger partial charge in [0.05, 0.1) is 17.2 Å². The summed E-state index contributed by atoms with van der Waals surface area (Å²) in [6.07, 6.45) is 0.247. The van der Waals surface area contributed by atoms with Crippen molar-refractivity contribution in [3.63, 3.8) is 0 Å². The Balaban J connectivity index is 1.80. The molecule has 2 amide bonds. The van der Waals surface area contributed by atoms with Gasteiger partial charge in [-0.3, -0.25) is 13.9 Å². The van der Waals surface area contributed by atoms with Crippen LogP contribution in [0.4, 0.5) is 5.69 Å². The monoisotopic (exact) mass is 647 g/mol. The van der Waals surface area contributed by atoms with Gasteiger partial charge in [-0.1, -0.05) is 66.2 Å². The number of amides is 2. The van der Waals surface area contributed by atoms with E-state index in [2.05, 4.69) is 5.32 Å². The van der Waals surface area contributed by atoms with E-state index in [4.69, 9.17) is 16.3 Å². The van der Waals surface area contributed by atoms with Gasteiger partial charge in [0.25, 0.3) is 10.0 Å². The Morgan fingerprint density at radius 1 is 0.867 bits per heavy atom. The summed E-state index contributed by atoms with van der Waals surface area (Å²) in [7, 11) is -4.23. The van der Waals surface area contributed by atoms with E-state index in [0.717, 1.165) is 21.0 Å². The molecule has 4 aromatic carbocycles.